The number of carboxylic acids is 1. The molecule has 5 nitrogen and oxygen atoms in total. The Morgan fingerprint density at radius 3 is 2.65 bits per heavy atom. The highest BCUT2D eigenvalue weighted by Gasteiger charge is 2.08. The quantitative estimate of drug-likeness (QED) is 0.881. The number of aromatic nitrogens is 1. The molecule has 0 aliphatic rings. The van der Waals surface area contributed by atoms with Crippen LogP contribution < -0.4 is 10.1 Å². The van der Waals surface area contributed by atoms with E-state index in [2.05, 4.69) is 10.3 Å². The van der Waals surface area contributed by atoms with E-state index in [-0.39, 0.29) is 10.6 Å². The Bertz CT molecular complexity index is 614. The van der Waals surface area contributed by atoms with Crippen molar-refractivity contribution in [3.05, 3.63) is 47.1 Å². The number of hydrogen-bond acceptors (Lipinski definition) is 4. The lowest BCUT2D eigenvalue weighted by atomic mass is 10.2. The number of ether oxygens (including phenoxy) is 1. The highest BCUT2D eigenvalue weighted by Crippen LogP contribution is 2.25. The van der Waals surface area contributed by atoms with Gasteiger partial charge < -0.3 is 15.2 Å². The molecule has 0 saturated heterocycles. The van der Waals surface area contributed by atoms with Crippen molar-refractivity contribution in [2.75, 3.05) is 11.9 Å². The van der Waals surface area contributed by atoms with Gasteiger partial charge >= 0.3 is 5.97 Å². The van der Waals surface area contributed by atoms with Crippen molar-refractivity contribution in [2.24, 2.45) is 0 Å². The van der Waals surface area contributed by atoms with E-state index in [1.165, 1.54) is 12.3 Å². The molecule has 0 atom stereocenters. The Hall–Kier alpha value is -2.27. The van der Waals surface area contributed by atoms with Gasteiger partial charge in [0, 0.05) is 11.9 Å². The highest BCUT2D eigenvalue weighted by molar-refractivity contribution is 6.33. The van der Waals surface area contributed by atoms with Crippen LogP contribution in [0.4, 0.5) is 11.5 Å². The van der Waals surface area contributed by atoms with Crippen molar-refractivity contribution in [2.45, 2.75) is 6.92 Å². The minimum Gasteiger partial charge on any atom is -0.494 e. The molecule has 2 N–H and O–H groups in total. The van der Waals surface area contributed by atoms with Gasteiger partial charge in [0.25, 0.3) is 0 Å². The van der Waals surface area contributed by atoms with Gasteiger partial charge in [-0.2, -0.15) is 0 Å². The number of carboxylic acid groups (broad SMARTS) is 1. The van der Waals surface area contributed by atoms with Gasteiger partial charge in [0.2, 0.25) is 0 Å². The van der Waals surface area contributed by atoms with E-state index in [4.69, 9.17) is 21.4 Å². The van der Waals surface area contributed by atoms with Crippen LogP contribution in [0.2, 0.25) is 5.02 Å². The molecule has 0 radical (unpaired) electrons. The number of hydrogen-bond donors (Lipinski definition) is 2. The Kier molecular flexibility index (Phi) is 4.42. The number of nitrogens with zero attached hydrogens (tertiary/aromatic N) is 1. The number of aromatic carboxylic acids is 1. The fourth-order valence-electron chi connectivity index (χ4n) is 1.58. The molecule has 2 aromatic rings. The molecule has 20 heavy (non-hydrogen) atoms. The van der Waals surface area contributed by atoms with Gasteiger partial charge in [-0.3, -0.25) is 0 Å². The number of rotatable bonds is 5. The smallest absolute Gasteiger partial charge is 0.337 e. The molecule has 0 unspecified atom stereocenters. The van der Waals surface area contributed by atoms with Crippen molar-refractivity contribution in [1.82, 2.24) is 4.98 Å². The zero-order chi connectivity index (χ0) is 14.5. The summed E-state index contributed by atoms with van der Waals surface area (Å²) >= 11 is 5.99. The van der Waals surface area contributed by atoms with E-state index in [0.717, 1.165) is 11.4 Å². The van der Waals surface area contributed by atoms with Crippen LogP contribution in [0.15, 0.2) is 36.5 Å². The summed E-state index contributed by atoms with van der Waals surface area (Å²) in [6, 6.07) is 8.66. The summed E-state index contributed by atoms with van der Waals surface area (Å²) in [6.45, 7) is 2.52. The molecular weight excluding hydrogens is 280 g/mol. The third kappa shape index (κ3) is 3.39. The Balaban J connectivity index is 2.15. The molecule has 1 heterocycles. The second-order valence-corrected chi connectivity index (χ2v) is 4.35. The standard InChI is InChI=1S/C14H13ClN2O3/c1-2-20-11-5-3-10(4-6-11)17-13-12(15)7-9(8-16-13)14(18)19/h3-8H,2H2,1H3,(H,16,17)(H,18,19). The number of pyridine rings is 1. The number of benzene rings is 1. The molecule has 1 aromatic carbocycles. The van der Waals surface area contributed by atoms with E-state index in [1.54, 1.807) is 0 Å². The van der Waals surface area contributed by atoms with Crippen molar-refractivity contribution in [1.29, 1.82) is 0 Å². The second-order valence-electron chi connectivity index (χ2n) is 3.94. The van der Waals surface area contributed by atoms with Crippen LogP contribution >= 0.6 is 11.6 Å². The van der Waals surface area contributed by atoms with Crippen LogP contribution in [0.5, 0.6) is 5.75 Å². The molecule has 0 amide bonds. The van der Waals surface area contributed by atoms with Crippen molar-refractivity contribution < 1.29 is 14.6 Å². The van der Waals surface area contributed by atoms with Crippen LogP contribution in [0.25, 0.3) is 0 Å². The predicted octanol–water partition coefficient (Wildman–Crippen LogP) is 3.58. The van der Waals surface area contributed by atoms with E-state index in [9.17, 15) is 4.79 Å². The monoisotopic (exact) mass is 292 g/mol. The molecule has 0 aliphatic carbocycles. The maximum atomic E-state index is 10.8. The lowest BCUT2D eigenvalue weighted by molar-refractivity contribution is 0.0696. The first-order chi connectivity index (χ1) is 9.60. The van der Waals surface area contributed by atoms with E-state index in [1.807, 2.05) is 31.2 Å². The molecule has 0 fully saturated rings. The van der Waals surface area contributed by atoms with Gasteiger partial charge in [-0.05, 0) is 37.3 Å². The van der Waals surface area contributed by atoms with Gasteiger partial charge in [0.1, 0.15) is 11.6 Å². The summed E-state index contributed by atoms with van der Waals surface area (Å²) in [5.74, 6) is 0.117. The minimum absolute atomic E-state index is 0.0484. The first-order valence-corrected chi connectivity index (χ1v) is 6.36. The van der Waals surface area contributed by atoms with Gasteiger partial charge in [-0.25, -0.2) is 9.78 Å². The van der Waals surface area contributed by atoms with E-state index >= 15 is 0 Å². The van der Waals surface area contributed by atoms with Crippen molar-refractivity contribution in [3.63, 3.8) is 0 Å². The normalized spacial score (nSPS) is 10.1. The highest BCUT2D eigenvalue weighted by atomic mass is 35.5. The van der Waals surface area contributed by atoms with E-state index in [0.29, 0.717) is 12.4 Å². The number of anilines is 2. The first kappa shape index (κ1) is 14.1. The largest absolute Gasteiger partial charge is 0.494 e. The molecule has 0 aliphatic heterocycles. The number of carbonyl (C=O) groups is 1. The van der Waals surface area contributed by atoms with Crippen LogP contribution in [0.3, 0.4) is 0 Å². The number of halogens is 1. The molecule has 2 rings (SSSR count). The average Bonchev–Trinajstić information content (AvgIpc) is 2.43. The summed E-state index contributed by atoms with van der Waals surface area (Å²) in [6.07, 6.45) is 1.26. The maximum absolute atomic E-state index is 10.8. The summed E-state index contributed by atoms with van der Waals surface area (Å²) < 4.78 is 5.34. The van der Waals surface area contributed by atoms with Gasteiger partial charge in [-0.15, -0.1) is 0 Å². The van der Waals surface area contributed by atoms with Gasteiger partial charge in [0.05, 0.1) is 17.2 Å². The van der Waals surface area contributed by atoms with Gasteiger partial charge in [-0.1, -0.05) is 11.6 Å². The first-order valence-electron chi connectivity index (χ1n) is 5.99. The zero-order valence-corrected chi connectivity index (χ0v) is 11.5. The molecule has 1 aromatic heterocycles. The third-order valence-electron chi connectivity index (χ3n) is 2.52. The van der Waals surface area contributed by atoms with Crippen LogP contribution in [0.1, 0.15) is 17.3 Å². The Morgan fingerprint density at radius 2 is 2.10 bits per heavy atom. The van der Waals surface area contributed by atoms with Gasteiger partial charge in [0.15, 0.2) is 0 Å². The predicted molar refractivity (Wildman–Crippen MR) is 77.1 cm³/mol. The lowest BCUT2D eigenvalue weighted by Gasteiger charge is -2.09. The molecule has 6 heteroatoms. The fraction of sp³-hybridized carbons (Fsp3) is 0.143. The molecular formula is C14H13ClN2O3. The minimum atomic E-state index is -1.06. The fourth-order valence-corrected chi connectivity index (χ4v) is 1.80. The average molecular weight is 293 g/mol. The number of nitrogens with one attached hydrogen (secondary N) is 1. The molecule has 0 saturated carbocycles. The van der Waals surface area contributed by atoms with Crippen molar-refractivity contribution in [3.8, 4) is 5.75 Å². The molecule has 104 valence electrons. The van der Waals surface area contributed by atoms with E-state index < -0.39 is 5.97 Å². The maximum Gasteiger partial charge on any atom is 0.337 e. The lowest BCUT2D eigenvalue weighted by Crippen LogP contribution is -2.00. The zero-order valence-electron chi connectivity index (χ0n) is 10.8. The van der Waals surface area contributed by atoms with Crippen LogP contribution in [0, 0.1) is 0 Å². The third-order valence-corrected chi connectivity index (χ3v) is 2.80. The van der Waals surface area contributed by atoms with Crippen LogP contribution in [-0.2, 0) is 0 Å². The van der Waals surface area contributed by atoms with Crippen molar-refractivity contribution >= 4 is 29.1 Å². The summed E-state index contributed by atoms with van der Waals surface area (Å²) in [7, 11) is 0. The Labute approximate surface area is 121 Å². The second kappa shape index (κ2) is 6.25. The molecule has 0 spiro atoms. The van der Waals surface area contributed by atoms with Crippen LogP contribution in [-0.4, -0.2) is 22.7 Å². The molecule has 0 bridgehead atoms. The SMILES string of the molecule is CCOc1ccc(Nc2ncc(C(=O)O)cc2Cl)cc1. The summed E-state index contributed by atoms with van der Waals surface area (Å²) in [4.78, 5) is 14.8. The topological polar surface area (TPSA) is 71.5 Å². The summed E-state index contributed by atoms with van der Waals surface area (Å²) in [5.41, 5.74) is 0.832. The Morgan fingerprint density at radius 1 is 1.40 bits per heavy atom. The summed E-state index contributed by atoms with van der Waals surface area (Å²) in [5, 5.41) is 12.1.